The van der Waals surface area contributed by atoms with E-state index in [2.05, 4.69) is 0 Å². The highest BCUT2D eigenvalue weighted by Gasteiger charge is 2.38. The molecule has 1 aliphatic rings. The van der Waals surface area contributed by atoms with E-state index < -0.39 is 11.5 Å². The fraction of sp³-hybridized carbons (Fsp3) is 0.467. The van der Waals surface area contributed by atoms with Crippen LogP contribution in [-0.2, 0) is 14.3 Å². The van der Waals surface area contributed by atoms with Gasteiger partial charge in [-0.25, -0.2) is 0 Å². The first-order chi connectivity index (χ1) is 9.36. The lowest BCUT2D eigenvalue weighted by molar-refractivity contribution is -0.150. The molecule has 1 heterocycles. The summed E-state index contributed by atoms with van der Waals surface area (Å²) < 4.78 is 10.4. The minimum Gasteiger partial charge on any atom is -0.479 e. The summed E-state index contributed by atoms with van der Waals surface area (Å²) in [5.41, 5.74) is -0.0956. The van der Waals surface area contributed by atoms with Gasteiger partial charge in [-0.1, -0.05) is 12.1 Å². The average Bonchev–Trinajstić information content (AvgIpc) is 2.42. The molecule has 0 spiro atoms. The predicted molar refractivity (Wildman–Crippen MR) is 74.7 cm³/mol. The fourth-order valence-corrected chi connectivity index (χ4v) is 2.26. The number of ether oxygens (including phenoxy) is 2. The summed E-state index contributed by atoms with van der Waals surface area (Å²) in [6.45, 7) is 5.48. The Labute approximate surface area is 118 Å². The number of methoxy groups -OCH3 is 1. The van der Waals surface area contributed by atoms with E-state index in [1.165, 1.54) is 7.11 Å². The minimum absolute atomic E-state index is 0.152. The molecule has 108 valence electrons. The summed E-state index contributed by atoms with van der Waals surface area (Å²) in [5, 5.41) is 0. The van der Waals surface area contributed by atoms with Gasteiger partial charge in [0.2, 0.25) is 0 Å². The third-order valence-corrected chi connectivity index (χ3v) is 3.36. The van der Waals surface area contributed by atoms with Crippen molar-refractivity contribution in [3.63, 3.8) is 0 Å². The Morgan fingerprint density at radius 2 is 2.05 bits per heavy atom. The molecule has 1 amide bonds. The van der Waals surface area contributed by atoms with Crippen LogP contribution in [0, 0.1) is 5.41 Å². The van der Waals surface area contributed by atoms with Crippen LogP contribution in [0.25, 0.3) is 0 Å². The van der Waals surface area contributed by atoms with Crippen LogP contribution in [-0.4, -0.2) is 31.6 Å². The Morgan fingerprint density at radius 1 is 1.40 bits per heavy atom. The van der Waals surface area contributed by atoms with Gasteiger partial charge in [-0.3, -0.25) is 9.59 Å². The SMILES string of the molecule is COC(=O)C(C)(C)CN1C(=O)C(C)Oc2ccccc21. The van der Waals surface area contributed by atoms with Crippen molar-refractivity contribution in [3.05, 3.63) is 24.3 Å². The highest BCUT2D eigenvalue weighted by Crippen LogP contribution is 2.35. The molecule has 2 rings (SSSR count). The van der Waals surface area contributed by atoms with Gasteiger partial charge in [0, 0.05) is 6.54 Å². The van der Waals surface area contributed by atoms with Crippen molar-refractivity contribution >= 4 is 17.6 Å². The Balaban J connectivity index is 2.35. The fourth-order valence-electron chi connectivity index (χ4n) is 2.26. The Hall–Kier alpha value is -2.04. The largest absolute Gasteiger partial charge is 0.479 e. The normalized spacial score (nSPS) is 18.3. The summed E-state index contributed by atoms with van der Waals surface area (Å²) >= 11 is 0. The molecule has 0 radical (unpaired) electrons. The third kappa shape index (κ3) is 2.48. The van der Waals surface area contributed by atoms with Gasteiger partial charge in [-0.05, 0) is 32.9 Å². The van der Waals surface area contributed by atoms with Gasteiger partial charge in [0.05, 0.1) is 18.2 Å². The third-order valence-electron chi connectivity index (χ3n) is 3.36. The average molecular weight is 277 g/mol. The van der Waals surface area contributed by atoms with Gasteiger partial charge in [-0.15, -0.1) is 0 Å². The molecule has 0 aliphatic carbocycles. The van der Waals surface area contributed by atoms with Gasteiger partial charge in [-0.2, -0.15) is 0 Å². The van der Waals surface area contributed by atoms with E-state index in [0.717, 1.165) is 0 Å². The van der Waals surface area contributed by atoms with Crippen molar-refractivity contribution in [2.75, 3.05) is 18.6 Å². The Morgan fingerprint density at radius 3 is 2.70 bits per heavy atom. The molecule has 1 atom stereocenters. The van der Waals surface area contributed by atoms with E-state index in [1.807, 2.05) is 24.3 Å². The Kier molecular flexibility index (Phi) is 3.70. The van der Waals surface area contributed by atoms with Crippen LogP contribution >= 0.6 is 0 Å². The van der Waals surface area contributed by atoms with Gasteiger partial charge in [0.15, 0.2) is 6.10 Å². The molecule has 1 unspecified atom stereocenters. The topological polar surface area (TPSA) is 55.8 Å². The lowest BCUT2D eigenvalue weighted by Crippen LogP contribution is -2.50. The number of nitrogens with zero attached hydrogens (tertiary/aromatic N) is 1. The van der Waals surface area contributed by atoms with Gasteiger partial charge in [0.1, 0.15) is 5.75 Å². The first-order valence-electron chi connectivity index (χ1n) is 6.52. The van der Waals surface area contributed by atoms with Gasteiger partial charge in [0.25, 0.3) is 5.91 Å². The van der Waals surface area contributed by atoms with E-state index in [0.29, 0.717) is 11.4 Å². The number of hydrogen-bond acceptors (Lipinski definition) is 4. The number of rotatable bonds is 3. The zero-order chi connectivity index (χ0) is 14.9. The number of carbonyl (C=O) groups is 2. The predicted octanol–water partition coefficient (Wildman–Crippen LogP) is 2.00. The van der Waals surface area contributed by atoms with E-state index in [-0.39, 0.29) is 18.4 Å². The quantitative estimate of drug-likeness (QED) is 0.793. The van der Waals surface area contributed by atoms with Crippen LogP contribution in [0.4, 0.5) is 5.69 Å². The number of hydrogen-bond donors (Lipinski definition) is 0. The minimum atomic E-state index is -0.783. The molecule has 5 heteroatoms. The van der Waals surface area contributed by atoms with E-state index in [1.54, 1.807) is 25.7 Å². The molecule has 5 nitrogen and oxygen atoms in total. The summed E-state index contributed by atoms with van der Waals surface area (Å²) in [5.74, 6) is 0.155. The molecule has 1 aliphatic heterocycles. The Bertz CT molecular complexity index is 538. The van der Waals surface area contributed by atoms with Crippen molar-refractivity contribution in [1.82, 2.24) is 0 Å². The first-order valence-corrected chi connectivity index (χ1v) is 6.52. The molecule has 20 heavy (non-hydrogen) atoms. The number of benzene rings is 1. The first kappa shape index (κ1) is 14.4. The molecule has 0 N–H and O–H groups in total. The lowest BCUT2D eigenvalue weighted by Gasteiger charge is -2.36. The van der Waals surface area contributed by atoms with Crippen LogP contribution in [0.2, 0.25) is 0 Å². The molecule has 0 aromatic heterocycles. The highest BCUT2D eigenvalue weighted by atomic mass is 16.5. The summed E-state index contributed by atoms with van der Waals surface area (Å²) in [4.78, 5) is 25.7. The van der Waals surface area contributed by atoms with Crippen molar-refractivity contribution in [2.45, 2.75) is 26.9 Å². The van der Waals surface area contributed by atoms with Crippen molar-refractivity contribution in [3.8, 4) is 5.75 Å². The summed E-state index contributed by atoms with van der Waals surface area (Å²) in [6, 6.07) is 7.32. The van der Waals surface area contributed by atoms with Crippen LogP contribution in [0.15, 0.2) is 24.3 Å². The maximum atomic E-state index is 12.3. The van der Waals surface area contributed by atoms with Crippen LogP contribution in [0.1, 0.15) is 20.8 Å². The van der Waals surface area contributed by atoms with E-state index >= 15 is 0 Å². The second-order valence-corrected chi connectivity index (χ2v) is 5.53. The zero-order valence-corrected chi connectivity index (χ0v) is 12.2. The van der Waals surface area contributed by atoms with E-state index in [4.69, 9.17) is 9.47 Å². The number of anilines is 1. The van der Waals surface area contributed by atoms with Crippen molar-refractivity contribution < 1.29 is 19.1 Å². The molecule has 0 saturated carbocycles. The number of esters is 1. The second-order valence-electron chi connectivity index (χ2n) is 5.53. The van der Waals surface area contributed by atoms with Crippen LogP contribution in [0.5, 0.6) is 5.75 Å². The highest BCUT2D eigenvalue weighted by molar-refractivity contribution is 6.00. The molecule has 0 bridgehead atoms. The number of carbonyl (C=O) groups excluding carboxylic acids is 2. The second kappa shape index (κ2) is 5.15. The van der Waals surface area contributed by atoms with Crippen molar-refractivity contribution in [1.29, 1.82) is 0 Å². The molecule has 1 aromatic rings. The molecule has 0 saturated heterocycles. The molecular weight excluding hydrogens is 258 g/mol. The van der Waals surface area contributed by atoms with E-state index in [9.17, 15) is 9.59 Å². The molecule has 1 aromatic carbocycles. The van der Waals surface area contributed by atoms with Gasteiger partial charge >= 0.3 is 5.97 Å². The van der Waals surface area contributed by atoms with Crippen molar-refractivity contribution in [2.24, 2.45) is 5.41 Å². The monoisotopic (exact) mass is 277 g/mol. The lowest BCUT2D eigenvalue weighted by atomic mass is 9.92. The smallest absolute Gasteiger partial charge is 0.313 e. The number of amides is 1. The molecular formula is C15H19NO4. The summed E-state index contributed by atoms with van der Waals surface area (Å²) in [7, 11) is 1.35. The molecule has 0 fully saturated rings. The number of fused-ring (bicyclic) bond motifs is 1. The zero-order valence-electron chi connectivity index (χ0n) is 12.2. The maximum absolute atomic E-state index is 12.3. The van der Waals surface area contributed by atoms with Gasteiger partial charge < -0.3 is 14.4 Å². The summed E-state index contributed by atoms with van der Waals surface area (Å²) in [6.07, 6.45) is -0.557. The van der Waals surface area contributed by atoms with Crippen LogP contribution in [0.3, 0.4) is 0 Å². The van der Waals surface area contributed by atoms with Crippen LogP contribution < -0.4 is 9.64 Å². The standard InChI is InChI=1S/C15H19NO4/c1-10-13(17)16(9-15(2,3)14(18)19-4)11-7-5-6-8-12(11)20-10/h5-8,10H,9H2,1-4H3. The number of para-hydroxylation sites is 2. The maximum Gasteiger partial charge on any atom is 0.313 e.